The quantitative estimate of drug-likeness (QED) is 0.833. The van der Waals surface area contributed by atoms with Crippen LogP contribution < -0.4 is 5.32 Å². The molecule has 1 N–H and O–H groups in total. The molecule has 20 heavy (non-hydrogen) atoms. The summed E-state index contributed by atoms with van der Waals surface area (Å²) in [4.78, 5) is 16.8. The van der Waals surface area contributed by atoms with E-state index in [1.807, 2.05) is 45.0 Å². The maximum Gasteiger partial charge on any atom is 0.251 e. The van der Waals surface area contributed by atoms with Gasteiger partial charge in [-0.15, -0.1) is 0 Å². The molecule has 0 radical (unpaired) electrons. The van der Waals surface area contributed by atoms with Crippen LogP contribution in [0.1, 0.15) is 31.1 Å². The van der Waals surface area contributed by atoms with Gasteiger partial charge in [0, 0.05) is 16.5 Å². The molecule has 2 aromatic rings. The molecule has 1 aromatic carbocycles. The molecule has 0 bridgehead atoms. The molecule has 108 valence electrons. The number of benzene rings is 1. The molecule has 0 saturated carbocycles. The van der Waals surface area contributed by atoms with Crippen LogP contribution in [-0.2, 0) is 0 Å². The number of hydrogen-bond acceptors (Lipinski definition) is 2. The van der Waals surface area contributed by atoms with Gasteiger partial charge in [-0.25, -0.2) is 15.9 Å². The normalized spacial score (nSPS) is 12.3. The number of aromatic nitrogens is 1. The summed E-state index contributed by atoms with van der Waals surface area (Å²) in [5.41, 5.74) is 1.40. The average Bonchev–Trinajstić information content (AvgIpc) is 2.35. The van der Waals surface area contributed by atoms with Gasteiger partial charge in [-0.1, -0.05) is 6.07 Å². The van der Waals surface area contributed by atoms with E-state index in [4.69, 9.17) is 0 Å². The minimum absolute atomic E-state index is 0.0447. The van der Waals surface area contributed by atoms with Crippen molar-refractivity contribution >= 4 is 27.7 Å². The van der Waals surface area contributed by atoms with Crippen molar-refractivity contribution in [2.45, 2.75) is 31.3 Å². The summed E-state index contributed by atoms with van der Waals surface area (Å²) in [5, 5.41) is 5.12. The summed E-state index contributed by atoms with van der Waals surface area (Å²) in [7, 11) is -0.198. The van der Waals surface area contributed by atoms with Crippen LogP contribution in [0, 0.1) is 0 Å². The lowest BCUT2D eigenvalue weighted by Gasteiger charge is -2.20. The van der Waals surface area contributed by atoms with Crippen molar-refractivity contribution in [1.29, 1.82) is 0 Å². The fraction of sp³-hybridized carbons (Fsp3) is 0.375. The maximum absolute atomic E-state index is 12.2. The van der Waals surface area contributed by atoms with Crippen LogP contribution >= 0.6 is 10.9 Å². The van der Waals surface area contributed by atoms with Crippen LogP contribution in [0.2, 0.25) is 0 Å². The van der Waals surface area contributed by atoms with Crippen LogP contribution in [0.25, 0.3) is 10.9 Å². The van der Waals surface area contributed by atoms with Crippen molar-refractivity contribution in [2.24, 2.45) is 0 Å². The molecule has 2 rings (SSSR count). The third-order valence-corrected chi connectivity index (χ3v) is 4.05. The zero-order chi connectivity index (χ0) is 14.9. The average molecular weight is 290 g/mol. The molecule has 3 nitrogen and oxygen atoms in total. The molecule has 1 aromatic heterocycles. The number of hydrogen-bond donors (Lipinski definition) is 2. The Morgan fingerprint density at radius 2 is 1.85 bits per heavy atom. The van der Waals surface area contributed by atoms with Gasteiger partial charge in [0.2, 0.25) is 0 Å². The van der Waals surface area contributed by atoms with Crippen molar-refractivity contribution in [3.63, 3.8) is 0 Å². The first kappa shape index (κ1) is 14.9. The summed E-state index contributed by atoms with van der Waals surface area (Å²) in [6.07, 6.45) is 4.38. The molecule has 0 unspecified atom stereocenters. The lowest BCUT2D eigenvalue weighted by molar-refractivity contribution is 0.0919. The number of fused-ring (bicyclic) bond motifs is 1. The highest BCUT2D eigenvalue weighted by molar-refractivity contribution is 8.15. The number of nitrogens with zero attached hydrogens (tertiary/aromatic N) is 1. The molecule has 4 heteroatoms. The Morgan fingerprint density at radius 3 is 2.45 bits per heavy atom. The van der Waals surface area contributed by atoms with E-state index >= 15 is 0 Å². The molecule has 0 atom stereocenters. The molecule has 0 spiro atoms. The van der Waals surface area contributed by atoms with Crippen molar-refractivity contribution in [2.75, 3.05) is 12.5 Å². The lowest BCUT2D eigenvalue weighted by Crippen LogP contribution is -2.40. The first-order chi connectivity index (χ1) is 9.26. The molecular weight excluding hydrogens is 268 g/mol. The zero-order valence-corrected chi connectivity index (χ0v) is 13.6. The van der Waals surface area contributed by atoms with E-state index in [0.717, 1.165) is 15.9 Å². The molecule has 1 amide bonds. The largest absolute Gasteiger partial charge is 0.347 e. The molecule has 1 heterocycles. The van der Waals surface area contributed by atoms with Crippen LogP contribution in [0.5, 0.6) is 0 Å². The van der Waals surface area contributed by atoms with Gasteiger partial charge in [0.1, 0.15) is 0 Å². The number of amides is 1. The van der Waals surface area contributed by atoms with Crippen molar-refractivity contribution in [1.82, 2.24) is 10.3 Å². The van der Waals surface area contributed by atoms with E-state index in [9.17, 15) is 4.79 Å². The van der Waals surface area contributed by atoms with E-state index in [0.29, 0.717) is 5.56 Å². The Labute approximate surface area is 123 Å². The Kier molecular flexibility index (Phi) is 4.04. The highest BCUT2D eigenvalue weighted by Crippen LogP contribution is 2.28. The second-order valence-electron chi connectivity index (χ2n) is 6.18. The zero-order valence-electron chi connectivity index (χ0n) is 12.7. The second kappa shape index (κ2) is 5.44. The van der Waals surface area contributed by atoms with Gasteiger partial charge >= 0.3 is 0 Å². The summed E-state index contributed by atoms with van der Waals surface area (Å²) < 4.78 is 0. The summed E-state index contributed by atoms with van der Waals surface area (Å²) in [6, 6.07) is 9.77. The predicted octanol–water partition coefficient (Wildman–Crippen LogP) is 3.38. The number of carbonyl (C=O) groups excluding carboxylic acids is 1. The molecule has 0 saturated heterocycles. The van der Waals surface area contributed by atoms with Crippen LogP contribution in [0.15, 0.2) is 35.4 Å². The Hall–Kier alpha value is -1.55. The minimum atomic E-state index is -0.228. The van der Waals surface area contributed by atoms with Crippen LogP contribution in [-0.4, -0.2) is 28.9 Å². The summed E-state index contributed by atoms with van der Waals surface area (Å²) >= 11 is 0. The van der Waals surface area contributed by atoms with Crippen LogP contribution in [0.4, 0.5) is 0 Å². The third kappa shape index (κ3) is 3.51. The predicted molar refractivity (Wildman–Crippen MR) is 88.1 cm³/mol. The number of thiol groups is 1. The first-order valence-electron chi connectivity index (χ1n) is 6.67. The van der Waals surface area contributed by atoms with E-state index in [1.165, 1.54) is 0 Å². The molecule has 0 fully saturated rings. The molecule has 0 aliphatic carbocycles. The van der Waals surface area contributed by atoms with Gasteiger partial charge in [-0.3, -0.25) is 4.79 Å². The van der Waals surface area contributed by atoms with Gasteiger partial charge in [0.05, 0.1) is 10.5 Å². The standard InChI is InChI=1S/C16H22N2OS/c1-16(2,3)18-15(19)12-6-8-13-11(10-12)7-9-14(17-13)20(4)5/h6-10,20H,1-5H3,(H,18,19). The number of rotatable bonds is 2. The van der Waals surface area contributed by atoms with Crippen molar-refractivity contribution in [3.05, 3.63) is 35.9 Å². The van der Waals surface area contributed by atoms with E-state index in [2.05, 4.69) is 28.9 Å². The molecule has 0 aliphatic rings. The summed E-state index contributed by atoms with van der Waals surface area (Å²) in [6.45, 7) is 5.93. The van der Waals surface area contributed by atoms with Gasteiger partial charge in [-0.2, -0.15) is 0 Å². The lowest BCUT2D eigenvalue weighted by atomic mass is 10.1. The van der Waals surface area contributed by atoms with E-state index < -0.39 is 0 Å². The molecular formula is C16H22N2OS. The Bertz CT molecular complexity index is 644. The number of nitrogens with one attached hydrogen (secondary N) is 1. The maximum atomic E-state index is 12.2. The first-order valence-corrected chi connectivity index (χ1v) is 8.90. The SMILES string of the molecule is C[SH](C)c1ccc2cc(C(=O)NC(C)(C)C)ccc2n1. The Balaban J connectivity index is 2.35. The number of pyridine rings is 1. The third-order valence-electron chi connectivity index (χ3n) is 2.88. The van der Waals surface area contributed by atoms with Gasteiger partial charge in [0.25, 0.3) is 5.91 Å². The topological polar surface area (TPSA) is 42.0 Å². The van der Waals surface area contributed by atoms with Gasteiger partial charge < -0.3 is 5.32 Å². The van der Waals surface area contributed by atoms with Crippen molar-refractivity contribution < 1.29 is 4.79 Å². The van der Waals surface area contributed by atoms with Crippen molar-refractivity contribution in [3.8, 4) is 0 Å². The minimum Gasteiger partial charge on any atom is -0.347 e. The number of carbonyl (C=O) groups is 1. The smallest absolute Gasteiger partial charge is 0.251 e. The van der Waals surface area contributed by atoms with Gasteiger partial charge in [0.15, 0.2) is 0 Å². The van der Waals surface area contributed by atoms with E-state index in [-0.39, 0.29) is 22.3 Å². The van der Waals surface area contributed by atoms with E-state index in [1.54, 1.807) is 0 Å². The fourth-order valence-electron chi connectivity index (χ4n) is 1.92. The van der Waals surface area contributed by atoms with Gasteiger partial charge in [-0.05, 0) is 57.5 Å². The van der Waals surface area contributed by atoms with Crippen LogP contribution in [0.3, 0.4) is 0 Å². The fourth-order valence-corrected chi connectivity index (χ4v) is 2.60. The molecule has 0 aliphatic heterocycles. The summed E-state index contributed by atoms with van der Waals surface area (Å²) in [5.74, 6) is -0.0447. The highest BCUT2D eigenvalue weighted by Gasteiger charge is 2.15. The Morgan fingerprint density at radius 1 is 1.15 bits per heavy atom. The monoisotopic (exact) mass is 290 g/mol. The second-order valence-corrected chi connectivity index (χ2v) is 8.42. The highest BCUT2D eigenvalue weighted by atomic mass is 32.2.